The molecular weight excluding hydrogens is 355 g/mol. The lowest BCUT2D eigenvalue weighted by Gasteiger charge is -2.21. The van der Waals surface area contributed by atoms with Crippen molar-refractivity contribution in [3.05, 3.63) is 83.3 Å². The third-order valence-corrected chi connectivity index (χ3v) is 5.05. The monoisotopic (exact) mass is 380 g/mol. The molecule has 0 N–H and O–H groups in total. The minimum absolute atomic E-state index is 0.170. The summed E-state index contributed by atoms with van der Waals surface area (Å²) in [5, 5.41) is 4.12. The van der Waals surface area contributed by atoms with Gasteiger partial charge >= 0.3 is 0 Å². The maximum atomic E-state index is 13.4. The van der Waals surface area contributed by atoms with E-state index in [1.165, 1.54) is 11.6 Å². The fraction of sp³-hybridized carbons (Fsp3) is 0.364. The number of hydrogen-bond acceptors (Lipinski definition) is 5. The molecule has 1 fully saturated rings. The highest BCUT2D eigenvalue weighted by molar-refractivity contribution is 5.18. The van der Waals surface area contributed by atoms with Crippen LogP contribution in [0.4, 0.5) is 4.39 Å². The molecule has 0 radical (unpaired) electrons. The Morgan fingerprint density at radius 1 is 0.857 bits per heavy atom. The Morgan fingerprint density at radius 3 is 2.39 bits per heavy atom. The summed E-state index contributed by atoms with van der Waals surface area (Å²) in [7, 11) is 0. The molecule has 1 aliphatic rings. The lowest BCUT2D eigenvalue weighted by molar-refractivity contribution is 0.222. The largest absolute Gasteiger partial charge is 0.338 e. The van der Waals surface area contributed by atoms with Gasteiger partial charge in [-0.05, 0) is 42.8 Å². The number of hydrogen-bond donors (Lipinski definition) is 0. The molecule has 0 unspecified atom stereocenters. The van der Waals surface area contributed by atoms with Crippen LogP contribution in [0.3, 0.4) is 0 Å². The lowest BCUT2D eigenvalue weighted by atomic mass is 10.1. The van der Waals surface area contributed by atoms with Crippen LogP contribution in [0.5, 0.6) is 0 Å². The summed E-state index contributed by atoms with van der Waals surface area (Å²) < 4.78 is 18.9. The van der Waals surface area contributed by atoms with E-state index in [1.54, 1.807) is 12.1 Å². The zero-order valence-electron chi connectivity index (χ0n) is 15.9. The van der Waals surface area contributed by atoms with E-state index in [1.807, 2.05) is 24.3 Å². The topological polar surface area (TPSA) is 45.4 Å². The van der Waals surface area contributed by atoms with Gasteiger partial charge in [0.25, 0.3) is 0 Å². The van der Waals surface area contributed by atoms with Gasteiger partial charge in [-0.2, -0.15) is 4.98 Å². The molecular formula is C22H25FN4O. The van der Waals surface area contributed by atoms with Crippen molar-refractivity contribution in [2.24, 2.45) is 0 Å². The van der Waals surface area contributed by atoms with Gasteiger partial charge in [0.15, 0.2) is 5.82 Å². The summed E-state index contributed by atoms with van der Waals surface area (Å²) in [6, 6.07) is 17.0. The maximum Gasteiger partial charge on any atom is 0.240 e. The first-order valence-corrected chi connectivity index (χ1v) is 9.79. The molecule has 4 rings (SSSR count). The first-order chi connectivity index (χ1) is 13.7. The average molecular weight is 380 g/mol. The van der Waals surface area contributed by atoms with Crippen LogP contribution in [0.25, 0.3) is 0 Å². The molecule has 5 nitrogen and oxygen atoms in total. The molecule has 1 aliphatic heterocycles. The van der Waals surface area contributed by atoms with E-state index in [9.17, 15) is 4.39 Å². The van der Waals surface area contributed by atoms with Crippen LogP contribution in [0.2, 0.25) is 0 Å². The molecule has 3 aromatic rings. The second-order valence-corrected chi connectivity index (χ2v) is 7.30. The Morgan fingerprint density at radius 2 is 1.61 bits per heavy atom. The number of nitrogens with zero attached hydrogens (tertiary/aromatic N) is 4. The van der Waals surface area contributed by atoms with Crippen molar-refractivity contribution in [3.8, 4) is 0 Å². The third-order valence-electron chi connectivity index (χ3n) is 5.05. The summed E-state index contributed by atoms with van der Waals surface area (Å²) >= 11 is 0. The Hall–Kier alpha value is -2.57. The van der Waals surface area contributed by atoms with Crippen molar-refractivity contribution in [2.75, 3.05) is 26.2 Å². The number of aromatic nitrogens is 2. The average Bonchev–Trinajstić information content (AvgIpc) is 3.01. The Balaban J connectivity index is 1.29. The van der Waals surface area contributed by atoms with Crippen molar-refractivity contribution >= 4 is 0 Å². The number of benzene rings is 2. The molecule has 0 amide bonds. The summed E-state index contributed by atoms with van der Waals surface area (Å²) in [6.07, 6.45) is 1.76. The summed E-state index contributed by atoms with van der Waals surface area (Å²) in [4.78, 5) is 9.28. The van der Waals surface area contributed by atoms with E-state index in [4.69, 9.17) is 4.52 Å². The Kier molecular flexibility index (Phi) is 6.09. The molecule has 0 bridgehead atoms. The quantitative estimate of drug-likeness (QED) is 0.655. The van der Waals surface area contributed by atoms with Crippen molar-refractivity contribution in [1.82, 2.24) is 19.9 Å². The number of rotatable bonds is 6. The van der Waals surface area contributed by atoms with Gasteiger partial charge in [-0.15, -0.1) is 0 Å². The van der Waals surface area contributed by atoms with Crippen molar-refractivity contribution in [1.29, 1.82) is 0 Å². The van der Waals surface area contributed by atoms with Gasteiger partial charge < -0.3 is 4.52 Å². The Bertz CT molecular complexity index is 883. The van der Waals surface area contributed by atoms with Crippen molar-refractivity contribution < 1.29 is 8.91 Å². The summed E-state index contributed by atoms with van der Waals surface area (Å²) in [6.45, 7) is 5.35. The molecule has 1 aromatic heterocycles. The Labute approximate surface area is 164 Å². The minimum atomic E-state index is -0.170. The van der Waals surface area contributed by atoms with E-state index in [0.29, 0.717) is 18.9 Å². The second-order valence-electron chi connectivity index (χ2n) is 7.30. The predicted octanol–water partition coefficient (Wildman–Crippen LogP) is 3.51. The van der Waals surface area contributed by atoms with Crippen LogP contribution in [-0.4, -0.2) is 46.1 Å². The van der Waals surface area contributed by atoms with Crippen LogP contribution in [-0.2, 0) is 19.5 Å². The zero-order valence-corrected chi connectivity index (χ0v) is 15.9. The molecule has 2 aromatic carbocycles. The van der Waals surface area contributed by atoms with Gasteiger partial charge in [0.1, 0.15) is 5.82 Å². The fourth-order valence-corrected chi connectivity index (χ4v) is 3.63. The van der Waals surface area contributed by atoms with Crippen LogP contribution in [0.15, 0.2) is 59.1 Å². The first-order valence-electron chi connectivity index (χ1n) is 9.79. The third kappa shape index (κ3) is 5.24. The molecule has 2 heterocycles. The van der Waals surface area contributed by atoms with Gasteiger partial charge in [-0.1, -0.05) is 47.6 Å². The minimum Gasteiger partial charge on any atom is -0.338 e. The molecule has 1 saturated heterocycles. The standard InChI is InChI=1S/C22H25FN4O/c23-20-9-4-8-19(14-20)16-26-10-5-11-27(13-12-26)17-22-24-21(25-28-22)15-18-6-2-1-3-7-18/h1-4,6-9,14H,5,10-13,15-17H2. The van der Waals surface area contributed by atoms with Crippen LogP contribution in [0, 0.1) is 5.82 Å². The smallest absolute Gasteiger partial charge is 0.240 e. The lowest BCUT2D eigenvalue weighted by Crippen LogP contribution is -2.30. The van der Waals surface area contributed by atoms with Gasteiger partial charge in [0.2, 0.25) is 5.89 Å². The predicted molar refractivity (Wildman–Crippen MR) is 105 cm³/mol. The van der Waals surface area contributed by atoms with Crippen LogP contribution < -0.4 is 0 Å². The van der Waals surface area contributed by atoms with Crippen LogP contribution >= 0.6 is 0 Å². The highest BCUT2D eigenvalue weighted by Crippen LogP contribution is 2.13. The summed E-state index contributed by atoms with van der Waals surface area (Å²) in [5.74, 6) is 1.23. The SMILES string of the molecule is Fc1cccc(CN2CCCN(Cc3nc(Cc4ccccc4)no3)CC2)c1. The van der Waals surface area contributed by atoms with E-state index >= 15 is 0 Å². The van der Waals surface area contributed by atoms with E-state index < -0.39 is 0 Å². The zero-order chi connectivity index (χ0) is 19.2. The molecule has 28 heavy (non-hydrogen) atoms. The number of halogens is 1. The highest BCUT2D eigenvalue weighted by Gasteiger charge is 2.18. The van der Waals surface area contributed by atoms with Gasteiger partial charge in [-0.3, -0.25) is 9.80 Å². The molecule has 0 aliphatic carbocycles. The van der Waals surface area contributed by atoms with Gasteiger partial charge in [-0.25, -0.2) is 4.39 Å². The molecule has 146 valence electrons. The summed E-state index contributed by atoms with van der Waals surface area (Å²) in [5.41, 5.74) is 2.20. The van der Waals surface area contributed by atoms with E-state index in [2.05, 4.69) is 32.1 Å². The first kappa shape index (κ1) is 18.8. The fourth-order valence-electron chi connectivity index (χ4n) is 3.63. The molecule has 6 heteroatoms. The maximum absolute atomic E-state index is 13.4. The van der Waals surface area contributed by atoms with Gasteiger partial charge in [0.05, 0.1) is 6.54 Å². The second kappa shape index (κ2) is 9.08. The normalized spacial score (nSPS) is 16.2. The molecule has 0 spiro atoms. The van der Waals surface area contributed by atoms with E-state index in [0.717, 1.165) is 50.5 Å². The highest BCUT2D eigenvalue weighted by atomic mass is 19.1. The van der Waals surface area contributed by atoms with Crippen molar-refractivity contribution in [3.63, 3.8) is 0 Å². The van der Waals surface area contributed by atoms with E-state index in [-0.39, 0.29) is 5.82 Å². The van der Waals surface area contributed by atoms with Gasteiger partial charge in [0, 0.05) is 26.1 Å². The molecule has 0 saturated carbocycles. The van der Waals surface area contributed by atoms with Crippen LogP contribution in [0.1, 0.15) is 29.3 Å². The van der Waals surface area contributed by atoms with Crippen molar-refractivity contribution in [2.45, 2.75) is 25.9 Å². The molecule has 0 atom stereocenters.